The topological polar surface area (TPSA) is 91.3 Å². The quantitative estimate of drug-likeness (QED) is 0.357. The first-order valence-electron chi connectivity index (χ1n) is 10.2. The van der Waals surface area contributed by atoms with Crippen LogP contribution < -0.4 is 19.4 Å². The number of benzene rings is 3. The summed E-state index contributed by atoms with van der Waals surface area (Å²) in [6.45, 7) is -0.537. The number of nitrogens with zero attached hydrogens (tertiary/aromatic N) is 3. The molecule has 0 radical (unpaired) electrons. The van der Waals surface area contributed by atoms with Crippen molar-refractivity contribution >= 4 is 45.1 Å². The predicted molar refractivity (Wildman–Crippen MR) is 135 cm³/mol. The van der Waals surface area contributed by atoms with Gasteiger partial charge >= 0.3 is 0 Å². The Bertz CT molecular complexity index is 1260. The van der Waals surface area contributed by atoms with Crippen LogP contribution in [0, 0.1) is 0 Å². The van der Waals surface area contributed by atoms with Crippen molar-refractivity contribution in [3.05, 3.63) is 83.4 Å². The van der Waals surface area contributed by atoms with Crippen LogP contribution in [-0.4, -0.2) is 48.3 Å². The molecule has 3 aromatic rings. The van der Waals surface area contributed by atoms with Crippen LogP contribution in [0.25, 0.3) is 0 Å². The summed E-state index contributed by atoms with van der Waals surface area (Å²) in [4.78, 5) is 14.7. The fraction of sp³-hybridized carbons (Fsp3) is 0.167. The van der Waals surface area contributed by atoms with E-state index in [1.807, 2.05) is 43.3 Å². The molecule has 0 unspecified atom stereocenters. The zero-order chi connectivity index (χ0) is 24.7. The Balaban J connectivity index is 1.86. The van der Waals surface area contributed by atoms with Gasteiger partial charge in [0.1, 0.15) is 12.3 Å². The second-order valence-electron chi connectivity index (χ2n) is 7.42. The second kappa shape index (κ2) is 11.0. The summed E-state index contributed by atoms with van der Waals surface area (Å²) in [5.74, 6) is -0.385. The van der Waals surface area contributed by atoms with Gasteiger partial charge in [-0.2, -0.15) is 5.10 Å². The summed E-state index contributed by atoms with van der Waals surface area (Å²) in [6, 6.07) is 19.9. The highest BCUT2D eigenvalue weighted by atomic mass is 35.5. The van der Waals surface area contributed by atoms with Crippen LogP contribution in [0.3, 0.4) is 0 Å². The van der Waals surface area contributed by atoms with E-state index < -0.39 is 22.5 Å². The van der Waals surface area contributed by atoms with Crippen molar-refractivity contribution in [2.45, 2.75) is 4.90 Å². The summed E-state index contributed by atoms with van der Waals surface area (Å²) < 4.78 is 33.1. The number of anilines is 2. The molecule has 1 N–H and O–H groups in total. The Morgan fingerprint density at radius 1 is 1.06 bits per heavy atom. The van der Waals surface area contributed by atoms with Crippen LogP contribution in [0.1, 0.15) is 5.56 Å². The highest BCUT2D eigenvalue weighted by molar-refractivity contribution is 7.92. The van der Waals surface area contributed by atoms with Crippen LogP contribution in [0.5, 0.6) is 5.75 Å². The summed E-state index contributed by atoms with van der Waals surface area (Å²) >= 11 is 6.13. The average molecular weight is 501 g/mol. The molecule has 0 aliphatic heterocycles. The van der Waals surface area contributed by atoms with E-state index in [1.54, 1.807) is 30.3 Å². The number of carbonyl (C=O) groups is 1. The van der Waals surface area contributed by atoms with Crippen molar-refractivity contribution in [3.63, 3.8) is 0 Å². The van der Waals surface area contributed by atoms with Gasteiger partial charge in [-0.25, -0.2) is 13.8 Å². The molecule has 178 valence electrons. The number of carbonyl (C=O) groups excluding carboxylic acids is 1. The fourth-order valence-electron chi connectivity index (χ4n) is 3.08. The van der Waals surface area contributed by atoms with Crippen LogP contribution in [0.15, 0.2) is 82.8 Å². The molecule has 0 fully saturated rings. The Morgan fingerprint density at radius 3 is 2.35 bits per heavy atom. The lowest BCUT2D eigenvalue weighted by Crippen LogP contribution is -2.39. The first-order chi connectivity index (χ1) is 16.2. The van der Waals surface area contributed by atoms with Crippen molar-refractivity contribution in [1.82, 2.24) is 5.43 Å². The van der Waals surface area contributed by atoms with E-state index in [9.17, 15) is 13.2 Å². The molecule has 0 saturated heterocycles. The Labute approximate surface area is 204 Å². The number of ether oxygens (including phenoxy) is 1. The molecule has 0 heterocycles. The Morgan fingerprint density at radius 2 is 1.74 bits per heavy atom. The minimum atomic E-state index is -4.11. The van der Waals surface area contributed by atoms with Gasteiger partial charge in [-0.3, -0.25) is 9.10 Å². The smallest absolute Gasteiger partial charge is 0.264 e. The van der Waals surface area contributed by atoms with Gasteiger partial charge in [0, 0.05) is 24.8 Å². The van der Waals surface area contributed by atoms with Crippen LogP contribution in [0.2, 0.25) is 5.02 Å². The van der Waals surface area contributed by atoms with Crippen molar-refractivity contribution in [2.75, 3.05) is 37.0 Å². The number of amides is 1. The molecule has 0 aromatic heterocycles. The monoisotopic (exact) mass is 500 g/mol. The SMILES string of the molecule is COc1ccc(Cl)cc1N(CC(=O)N/N=C\c1ccc(N(C)C)cc1)S(=O)(=O)c1ccccc1. The van der Waals surface area contributed by atoms with Gasteiger partial charge in [0.05, 0.1) is 23.9 Å². The van der Waals surface area contributed by atoms with E-state index in [0.29, 0.717) is 5.02 Å². The van der Waals surface area contributed by atoms with E-state index in [-0.39, 0.29) is 16.3 Å². The number of nitrogens with one attached hydrogen (secondary N) is 1. The first-order valence-corrected chi connectivity index (χ1v) is 12.0. The van der Waals surface area contributed by atoms with Crippen LogP contribution in [0.4, 0.5) is 11.4 Å². The number of hydrazone groups is 1. The van der Waals surface area contributed by atoms with E-state index in [0.717, 1.165) is 15.6 Å². The summed E-state index contributed by atoms with van der Waals surface area (Å²) in [6.07, 6.45) is 1.48. The van der Waals surface area contributed by atoms with E-state index >= 15 is 0 Å². The average Bonchev–Trinajstić information content (AvgIpc) is 2.83. The highest BCUT2D eigenvalue weighted by Gasteiger charge is 2.29. The molecule has 0 atom stereocenters. The highest BCUT2D eigenvalue weighted by Crippen LogP contribution is 2.34. The molecule has 1 amide bonds. The summed E-state index contributed by atoms with van der Waals surface area (Å²) in [7, 11) is 1.17. The van der Waals surface area contributed by atoms with Gasteiger partial charge in [-0.15, -0.1) is 0 Å². The van der Waals surface area contributed by atoms with Gasteiger partial charge in [-0.05, 0) is 48.0 Å². The van der Waals surface area contributed by atoms with Gasteiger partial charge < -0.3 is 9.64 Å². The zero-order valence-electron chi connectivity index (χ0n) is 19.0. The molecule has 10 heteroatoms. The molecular formula is C24H25ClN4O4S. The third-order valence-corrected chi connectivity index (χ3v) is 6.85. The van der Waals surface area contributed by atoms with Gasteiger partial charge in [0.25, 0.3) is 15.9 Å². The summed E-state index contributed by atoms with van der Waals surface area (Å²) in [5.41, 5.74) is 4.32. The molecule has 0 aliphatic rings. The Kier molecular flexibility index (Phi) is 8.14. The molecule has 0 bridgehead atoms. The zero-order valence-corrected chi connectivity index (χ0v) is 20.5. The predicted octanol–water partition coefficient (Wildman–Crippen LogP) is 3.76. The number of methoxy groups -OCH3 is 1. The van der Waals surface area contributed by atoms with E-state index in [2.05, 4.69) is 10.5 Å². The minimum absolute atomic E-state index is 0.0225. The largest absolute Gasteiger partial charge is 0.495 e. The molecule has 34 heavy (non-hydrogen) atoms. The number of halogens is 1. The lowest BCUT2D eigenvalue weighted by molar-refractivity contribution is -0.119. The first kappa shape index (κ1) is 25.1. The minimum Gasteiger partial charge on any atom is -0.495 e. The Hall–Kier alpha value is -3.56. The van der Waals surface area contributed by atoms with Crippen LogP contribution >= 0.6 is 11.6 Å². The van der Waals surface area contributed by atoms with Gasteiger partial charge in [0.2, 0.25) is 0 Å². The third-order valence-electron chi connectivity index (χ3n) is 4.84. The maximum absolute atomic E-state index is 13.4. The number of hydrogen-bond donors (Lipinski definition) is 1. The van der Waals surface area contributed by atoms with Crippen LogP contribution in [-0.2, 0) is 14.8 Å². The second-order valence-corrected chi connectivity index (χ2v) is 9.72. The number of sulfonamides is 1. The number of rotatable bonds is 9. The van der Waals surface area contributed by atoms with E-state index in [4.69, 9.17) is 16.3 Å². The molecule has 3 rings (SSSR count). The lowest BCUT2D eigenvalue weighted by Gasteiger charge is -2.25. The lowest BCUT2D eigenvalue weighted by atomic mass is 10.2. The van der Waals surface area contributed by atoms with Gasteiger partial charge in [0.15, 0.2) is 0 Å². The third kappa shape index (κ3) is 6.06. The fourth-order valence-corrected chi connectivity index (χ4v) is 4.69. The molecule has 3 aromatic carbocycles. The maximum atomic E-state index is 13.4. The van der Waals surface area contributed by atoms with Crippen molar-refractivity contribution < 1.29 is 17.9 Å². The molecule has 0 saturated carbocycles. The van der Waals surface area contributed by atoms with Crippen molar-refractivity contribution in [2.24, 2.45) is 5.10 Å². The normalized spacial score (nSPS) is 11.3. The van der Waals surface area contributed by atoms with E-state index in [1.165, 1.54) is 31.5 Å². The molecular weight excluding hydrogens is 476 g/mol. The molecule has 8 nitrogen and oxygen atoms in total. The standard InChI is InChI=1S/C24H25ClN4O4S/c1-28(2)20-12-9-18(10-13-20)16-26-27-24(30)17-29(22-15-19(25)11-14-23(22)33-3)34(31,32)21-7-5-4-6-8-21/h4-16H,17H2,1-3H3,(H,27,30)/b26-16-. The molecule has 0 spiro atoms. The van der Waals surface area contributed by atoms with Gasteiger partial charge in [-0.1, -0.05) is 41.9 Å². The van der Waals surface area contributed by atoms with Crippen molar-refractivity contribution in [1.29, 1.82) is 0 Å². The number of hydrogen-bond acceptors (Lipinski definition) is 6. The van der Waals surface area contributed by atoms with Crippen molar-refractivity contribution in [3.8, 4) is 5.75 Å². The summed E-state index contributed by atoms with van der Waals surface area (Å²) in [5, 5.41) is 4.26. The maximum Gasteiger partial charge on any atom is 0.264 e. The molecule has 0 aliphatic carbocycles.